The minimum Gasteiger partial charge on any atom is -0.452 e. The van der Waals surface area contributed by atoms with E-state index in [1.807, 2.05) is 35.7 Å². The molecule has 4 nitrogen and oxygen atoms in total. The molecule has 0 aliphatic heterocycles. The van der Waals surface area contributed by atoms with Gasteiger partial charge in [-0.3, -0.25) is 4.79 Å². The second-order valence-electron chi connectivity index (χ2n) is 5.34. The monoisotopic (exact) mass is 327 g/mol. The molecule has 1 aromatic heterocycles. The molecule has 0 fully saturated rings. The van der Waals surface area contributed by atoms with Crippen LogP contribution in [0, 0.1) is 0 Å². The second kappa shape index (κ2) is 7.24. The first-order chi connectivity index (χ1) is 11.2. The van der Waals surface area contributed by atoms with E-state index in [-0.39, 0.29) is 12.5 Å². The van der Waals surface area contributed by atoms with Crippen LogP contribution in [0.25, 0.3) is 6.08 Å². The maximum atomic E-state index is 11.8. The van der Waals surface area contributed by atoms with Gasteiger partial charge in [0.05, 0.1) is 0 Å². The first kappa shape index (κ1) is 15.5. The number of aryl methyl sites for hydroxylation is 2. The van der Waals surface area contributed by atoms with Gasteiger partial charge in [0.15, 0.2) is 6.61 Å². The lowest BCUT2D eigenvalue weighted by molar-refractivity contribution is -0.142. The molecule has 0 unspecified atom stereocenters. The van der Waals surface area contributed by atoms with Crippen molar-refractivity contribution >= 4 is 35.0 Å². The molecule has 0 spiro atoms. The summed E-state index contributed by atoms with van der Waals surface area (Å²) in [6, 6.07) is 9.74. The summed E-state index contributed by atoms with van der Waals surface area (Å²) in [6.45, 7) is -0.287. The minimum atomic E-state index is -0.525. The summed E-state index contributed by atoms with van der Waals surface area (Å²) in [4.78, 5) is 24.4. The Balaban J connectivity index is 1.47. The number of fused-ring (bicyclic) bond motifs is 1. The fourth-order valence-corrected chi connectivity index (χ4v) is 3.19. The van der Waals surface area contributed by atoms with Crippen LogP contribution in [0.5, 0.6) is 0 Å². The Morgan fingerprint density at radius 2 is 2.09 bits per heavy atom. The van der Waals surface area contributed by atoms with E-state index in [4.69, 9.17) is 4.74 Å². The van der Waals surface area contributed by atoms with Gasteiger partial charge in [0.1, 0.15) is 0 Å². The van der Waals surface area contributed by atoms with Gasteiger partial charge in [-0.05, 0) is 60.0 Å². The molecule has 0 radical (unpaired) electrons. The molecule has 1 aliphatic rings. The molecule has 1 amide bonds. The summed E-state index contributed by atoms with van der Waals surface area (Å²) in [5.74, 6) is -0.858. The molecule has 2 aromatic rings. The number of esters is 1. The Kier molecular flexibility index (Phi) is 4.88. The Morgan fingerprint density at radius 3 is 2.91 bits per heavy atom. The number of ether oxygens (including phenoxy) is 1. The van der Waals surface area contributed by atoms with E-state index < -0.39 is 5.97 Å². The van der Waals surface area contributed by atoms with Crippen molar-refractivity contribution in [3.8, 4) is 0 Å². The van der Waals surface area contributed by atoms with E-state index in [1.54, 1.807) is 6.08 Å². The third kappa shape index (κ3) is 4.29. The highest BCUT2D eigenvalue weighted by Gasteiger charge is 2.12. The van der Waals surface area contributed by atoms with Gasteiger partial charge in [0.2, 0.25) is 0 Å². The second-order valence-corrected chi connectivity index (χ2v) is 6.32. The summed E-state index contributed by atoms with van der Waals surface area (Å²) in [6.07, 6.45) is 6.33. The summed E-state index contributed by atoms with van der Waals surface area (Å²) >= 11 is 1.53. The summed E-state index contributed by atoms with van der Waals surface area (Å²) < 4.78 is 4.93. The summed E-state index contributed by atoms with van der Waals surface area (Å²) in [5, 5.41) is 4.68. The van der Waals surface area contributed by atoms with Crippen LogP contribution in [0.1, 0.15) is 22.4 Å². The van der Waals surface area contributed by atoms with Crippen LogP contribution in [0.4, 0.5) is 5.69 Å². The van der Waals surface area contributed by atoms with Gasteiger partial charge in [0, 0.05) is 16.6 Å². The summed E-state index contributed by atoms with van der Waals surface area (Å²) in [7, 11) is 0. The zero-order valence-electron chi connectivity index (χ0n) is 12.6. The van der Waals surface area contributed by atoms with Crippen molar-refractivity contribution in [2.75, 3.05) is 11.9 Å². The number of benzene rings is 1. The predicted molar refractivity (Wildman–Crippen MR) is 91.4 cm³/mol. The molecular weight excluding hydrogens is 310 g/mol. The molecule has 0 atom stereocenters. The molecule has 1 N–H and O–H groups in total. The lowest BCUT2D eigenvalue weighted by Gasteiger charge is -2.07. The van der Waals surface area contributed by atoms with Crippen molar-refractivity contribution in [2.24, 2.45) is 0 Å². The van der Waals surface area contributed by atoms with Gasteiger partial charge in [-0.1, -0.05) is 12.1 Å². The Bertz CT molecular complexity index is 735. The highest BCUT2D eigenvalue weighted by molar-refractivity contribution is 7.10. The molecule has 0 saturated heterocycles. The van der Waals surface area contributed by atoms with Crippen LogP contribution >= 0.6 is 11.3 Å². The molecule has 0 bridgehead atoms. The maximum absolute atomic E-state index is 11.8. The van der Waals surface area contributed by atoms with Crippen molar-refractivity contribution in [2.45, 2.75) is 19.3 Å². The molecule has 5 heteroatoms. The molecule has 23 heavy (non-hydrogen) atoms. The lowest BCUT2D eigenvalue weighted by Crippen LogP contribution is -2.20. The third-order valence-corrected chi connectivity index (χ3v) is 4.49. The number of anilines is 1. The van der Waals surface area contributed by atoms with E-state index >= 15 is 0 Å². The van der Waals surface area contributed by atoms with E-state index in [2.05, 4.69) is 5.32 Å². The van der Waals surface area contributed by atoms with Crippen molar-refractivity contribution in [1.29, 1.82) is 0 Å². The van der Waals surface area contributed by atoms with Crippen molar-refractivity contribution in [3.05, 3.63) is 57.8 Å². The fourth-order valence-electron chi connectivity index (χ4n) is 2.57. The topological polar surface area (TPSA) is 55.4 Å². The molecular formula is C18H17NO3S. The van der Waals surface area contributed by atoms with E-state index in [9.17, 15) is 9.59 Å². The SMILES string of the molecule is O=C(COC(=O)/C=C/c1cccs1)Nc1ccc2c(c1)CCC2. The standard InChI is InChI=1S/C18H17NO3S/c20-17(12-22-18(21)9-8-16-5-2-10-23-16)19-15-7-6-13-3-1-4-14(13)11-15/h2,5-11H,1,3-4,12H2,(H,19,20)/b9-8+. The minimum absolute atomic E-state index is 0.287. The number of thiophene rings is 1. The number of amides is 1. The van der Waals surface area contributed by atoms with Gasteiger partial charge in [0.25, 0.3) is 5.91 Å². The number of hydrogen-bond donors (Lipinski definition) is 1. The largest absolute Gasteiger partial charge is 0.452 e. The van der Waals surface area contributed by atoms with E-state index in [1.165, 1.54) is 35.0 Å². The zero-order valence-corrected chi connectivity index (χ0v) is 13.4. The van der Waals surface area contributed by atoms with Gasteiger partial charge in [-0.15, -0.1) is 11.3 Å². The fraction of sp³-hybridized carbons (Fsp3) is 0.222. The van der Waals surface area contributed by atoms with Crippen LogP contribution in [-0.4, -0.2) is 18.5 Å². The number of carbonyl (C=O) groups is 2. The average molecular weight is 327 g/mol. The summed E-state index contributed by atoms with van der Waals surface area (Å²) in [5.41, 5.74) is 3.40. The van der Waals surface area contributed by atoms with Crippen LogP contribution in [0.3, 0.4) is 0 Å². The van der Waals surface area contributed by atoms with Crippen molar-refractivity contribution in [3.63, 3.8) is 0 Å². The molecule has 118 valence electrons. The first-order valence-corrected chi connectivity index (χ1v) is 8.39. The number of carbonyl (C=O) groups excluding carboxylic acids is 2. The van der Waals surface area contributed by atoms with Crippen LogP contribution in [-0.2, 0) is 27.2 Å². The van der Waals surface area contributed by atoms with Gasteiger partial charge in [-0.2, -0.15) is 0 Å². The Hall–Kier alpha value is -2.40. The normalized spacial score (nSPS) is 13.0. The molecule has 0 saturated carbocycles. The number of nitrogens with one attached hydrogen (secondary N) is 1. The zero-order chi connectivity index (χ0) is 16.1. The van der Waals surface area contributed by atoms with Crippen LogP contribution in [0.2, 0.25) is 0 Å². The Labute approximate surface area is 138 Å². The van der Waals surface area contributed by atoms with E-state index in [0.717, 1.165) is 23.4 Å². The van der Waals surface area contributed by atoms with Crippen molar-refractivity contribution < 1.29 is 14.3 Å². The van der Waals surface area contributed by atoms with Gasteiger partial charge >= 0.3 is 5.97 Å². The highest BCUT2D eigenvalue weighted by Crippen LogP contribution is 2.24. The lowest BCUT2D eigenvalue weighted by atomic mass is 10.1. The predicted octanol–water partition coefficient (Wildman–Crippen LogP) is 3.43. The first-order valence-electron chi connectivity index (χ1n) is 7.51. The van der Waals surface area contributed by atoms with Crippen LogP contribution < -0.4 is 5.32 Å². The number of hydrogen-bond acceptors (Lipinski definition) is 4. The van der Waals surface area contributed by atoms with E-state index in [0.29, 0.717) is 0 Å². The van der Waals surface area contributed by atoms with Gasteiger partial charge < -0.3 is 10.1 Å². The molecule has 1 aromatic carbocycles. The molecule has 1 heterocycles. The smallest absolute Gasteiger partial charge is 0.331 e. The highest BCUT2D eigenvalue weighted by atomic mass is 32.1. The quantitative estimate of drug-likeness (QED) is 0.676. The molecule has 3 rings (SSSR count). The Morgan fingerprint density at radius 1 is 1.22 bits per heavy atom. The average Bonchev–Trinajstić information content (AvgIpc) is 3.21. The number of rotatable bonds is 5. The maximum Gasteiger partial charge on any atom is 0.331 e. The van der Waals surface area contributed by atoms with Crippen molar-refractivity contribution in [1.82, 2.24) is 0 Å². The third-order valence-electron chi connectivity index (χ3n) is 3.65. The molecule has 1 aliphatic carbocycles. The van der Waals surface area contributed by atoms with Crippen LogP contribution in [0.15, 0.2) is 41.8 Å². The van der Waals surface area contributed by atoms with Gasteiger partial charge in [-0.25, -0.2) is 4.79 Å².